The standard InChI is InChI=1S/C21H20Cl2N6O3/c1-29(2)9-20-27-19(28-32-20)10-31-18-8-16-13(7-17(18)30-3)21(25-11-24-16)26-12-4-5-14(22)15(23)6-12/h4-8,11H,9-10H2,1-3H3,(H,24,25,26). The molecule has 0 fully saturated rings. The first-order valence-corrected chi connectivity index (χ1v) is 10.3. The first-order chi connectivity index (χ1) is 15.4. The molecule has 0 saturated heterocycles. The number of rotatable bonds is 8. The van der Waals surface area contributed by atoms with Gasteiger partial charge in [-0.3, -0.25) is 0 Å². The van der Waals surface area contributed by atoms with Crippen molar-refractivity contribution in [3.63, 3.8) is 0 Å². The second-order valence-electron chi connectivity index (χ2n) is 7.13. The van der Waals surface area contributed by atoms with Crippen LogP contribution < -0.4 is 14.8 Å². The third-order valence-corrected chi connectivity index (χ3v) is 5.16. The zero-order valence-corrected chi connectivity index (χ0v) is 19.1. The van der Waals surface area contributed by atoms with E-state index < -0.39 is 0 Å². The van der Waals surface area contributed by atoms with Crippen LogP contribution in [0, 0.1) is 0 Å². The normalized spacial score (nSPS) is 11.2. The summed E-state index contributed by atoms with van der Waals surface area (Å²) in [5, 5.41) is 8.84. The topological polar surface area (TPSA) is 98.4 Å². The smallest absolute Gasteiger partial charge is 0.240 e. The Morgan fingerprint density at radius 2 is 1.91 bits per heavy atom. The van der Waals surface area contributed by atoms with Crippen LogP contribution in [-0.2, 0) is 13.2 Å². The number of ether oxygens (including phenoxy) is 2. The van der Waals surface area contributed by atoms with Crippen molar-refractivity contribution >= 4 is 45.6 Å². The van der Waals surface area contributed by atoms with Crippen molar-refractivity contribution in [2.75, 3.05) is 26.5 Å². The summed E-state index contributed by atoms with van der Waals surface area (Å²) in [6, 6.07) is 8.83. The number of benzene rings is 2. The molecule has 1 N–H and O–H groups in total. The van der Waals surface area contributed by atoms with Crippen LogP contribution in [0.2, 0.25) is 10.0 Å². The first-order valence-electron chi connectivity index (χ1n) is 9.56. The quantitative estimate of drug-likeness (QED) is 0.388. The van der Waals surface area contributed by atoms with Crippen LogP contribution >= 0.6 is 23.2 Å². The molecule has 0 amide bonds. The van der Waals surface area contributed by atoms with E-state index in [4.69, 9.17) is 37.2 Å². The molecule has 0 bridgehead atoms. The second-order valence-corrected chi connectivity index (χ2v) is 7.94. The van der Waals surface area contributed by atoms with Gasteiger partial charge in [0, 0.05) is 17.1 Å². The lowest BCUT2D eigenvalue weighted by Crippen LogP contribution is -2.11. The van der Waals surface area contributed by atoms with E-state index in [-0.39, 0.29) is 6.61 Å². The van der Waals surface area contributed by atoms with Crippen LogP contribution in [0.3, 0.4) is 0 Å². The summed E-state index contributed by atoms with van der Waals surface area (Å²) in [6.07, 6.45) is 1.46. The summed E-state index contributed by atoms with van der Waals surface area (Å²) in [5.74, 6) is 2.56. The molecule has 4 rings (SSSR count). The van der Waals surface area contributed by atoms with E-state index in [9.17, 15) is 0 Å². The lowest BCUT2D eigenvalue weighted by molar-refractivity contribution is 0.266. The Hall–Kier alpha value is -3.14. The summed E-state index contributed by atoms with van der Waals surface area (Å²) in [4.78, 5) is 15.0. The highest BCUT2D eigenvalue weighted by molar-refractivity contribution is 6.42. The molecule has 0 aliphatic heterocycles. The Bertz CT molecular complexity index is 1250. The number of nitrogens with zero attached hydrogens (tertiary/aromatic N) is 5. The van der Waals surface area contributed by atoms with Crippen molar-refractivity contribution in [2.24, 2.45) is 0 Å². The molecule has 166 valence electrons. The van der Waals surface area contributed by atoms with E-state index in [1.807, 2.05) is 25.1 Å². The number of hydrogen-bond donors (Lipinski definition) is 1. The van der Waals surface area contributed by atoms with Gasteiger partial charge in [-0.25, -0.2) is 9.97 Å². The molecule has 11 heteroatoms. The lowest BCUT2D eigenvalue weighted by Gasteiger charge is -2.13. The number of hydrogen-bond acceptors (Lipinski definition) is 9. The van der Waals surface area contributed by atoms with Crippen LogP contribution in [0.1, 0.15) is 11.7 Å². The maximum Gasteiger partial charge on any atom is 0.240 e. The van der Waals surface area contributed by atoms with Gasteiger partial charge in [0.05, 0.1) is 29.2 Å². The molecule has 2 aromatic heterocycles. The Morgan fingerprint density at radius 3 is 2.66 bits per heavy atom. The zero-order valence-electron chi connectivity index (χ0n) is 17.6. The molecule has 0 radical (unpaired) electrons. The van der Waals surface area contributed by atoms with Crippen molar-refractivity contribution in [2.45, 2.75) is 13.2 Å². The molecule has 0 saturated carbocycles. The molecular weight excluding hydrogens is 455 g/mol. The van der Waals surface area contributed by atoms with Gasteiger partial charge in [0.1, 0.15) is 12.1 Å². The number of nitrogens with one attached hydrogen (secondary N) is 1. The van der Waals surface area contributed by atoms with E-state index in [1.54, 1.807) is 31.4 Å². The van der Waals surface area contributed by atoms with Crippen LogP contribution in [-0.4, -0.2) is 46.2 Å². The largest absolute Gasteiger partial charge is 0.493 e. The molecule has 9 nitrogen and oxygen atoms in total. The van der Waals surface area contributed by atoms with E-state index >= 15 is 0 Å². The first kappa shape index (κ1) is 22.1. The van der Waals surface area contributed by atoms with Gasteiger partial charge in [-0.1, -0.05) is 28.4 Å². The minimum atomic E-state index is 0.123. The summed E-state index contributed by atoms with van der Waals surface area (Å²) < 4.78 is 16.6. The van der Waals surface area contributed by atoms with E-state index in [2.05, 4.69) is 25.4 Å². The van der Waals surface area contributed by atoms with Gasteiger partial charge in [0.2, 0.25) is 11.7 Å². The average molecular weight is 475 g/mol. The predicted molar refractivity (Wildman–Crippen MR) is 122 cm³/mol. The van der Waals surface area contributed by atoms with Crippen molar-refractivity contribution in [3.8, 4) is 11.5 Å². The van der Waals surface area contributed by atoms with Gasteiger partial charge in [-0.15, -0.1) is 0 Å². The zero-order chi connectivity index (χ0) is 22.7. The Labute approximate surface area is 194 Å². The number of halogens is 2. The number of aromatic nitrogens is 4. The summed E-state index contributed by atoms with van der Waals surface area (Å²) in [7, 11) is 5.41. The highest BCUT2D eigenvalue weighted by Gasteiger charge is 2.14. The molecule has 0 aliphatic rings. The summed E-state index contributed by atoms with van der Waals surface area (Å²) in [5.41, 5.74) is 1.41. The lowest BCUT2D eigenvalue weighted by atomic mass is 10.2. The minimum absolute atomic E-state index is 0.123. The van der Waals surface area contributed by atoms with Crippen LogP contribution in [0.4, 0.5) is 11.5 Å². The van der Waals surface area contributed by atoms with Gasteiger partial charge in [0.25, 0.3) is 0 Å². The molecule has 0 unspecified atom stereocenters. The Kier molecular flexibility index (Phi) is 6.59. The maximum atomic E-state index is 6.12. The minimum Gasteiger partial charge on any atom is -0.493 e. The summed E-state index contributed by atoms with van der Waals surface area (Å²) >= 11 is 12.1. The van der Waals surface area contributed by atoms with Gasteiger partial charge >= 0.3 is 0 Å². The molecule has 2 aromatic carbocycles. The molecule has 2 heterocycles. The number of fused-ring (bicyclic) bond motifs is 1. The van der Waals surface area contributed by atoms with Crippen molar-refractivity contribution in [3.05, 3.63) is 58.4 Å². The van der Waals surface area contributed by atoms with Gasteiger partial charge < -0.3 is 24.2 Å². The van der Waals surface area contributed by atoms with Crippen molar-refractivity contribution < 1.29 is 14.0 Å². The Morgan fingerprint density at radius 1 is 1.06 bits per heavy atom. The maximum absolute atomic E-state index is 6.12. The molecule has 0 atom stereocenters. The molecule has 32 heavy (non-hydrogen) atoms. The van der Waals surface area contributed by atoms with E-state index in [0.717, 1.165) is 11.1 Å². The van der Waals surface area contributed by atoms with Crippen LogP contribution in [0.5, 0.6) is 11.5 Å². The highest BCUT2D eigenvalue weighted by atomic mass is 35.5. The predicted octanol–water partition coefficient (Wildman–Crippen LogP) is 4.71. The van der Waals surface area contributed by atoms with Gasteiger partial charge in [-0.05, 0) is 38.4 Å². The number of methoxy groups -OCH3 is 1. The van der Waals surface area contributed by atoms with Gasteiger partial charge in [0.15, 0.2) is 18.1 Å². The fourth-order valence-corrected chi connectivity index (χ4v) is 3.27. The third-order valence-electron chi connectivity index (χ3n) is 4.42. The second kappa shape index (κ2) is 9.56. The van der Waals surface area contributed by atoms with Gasteiger partial charge in [-0.2, -0.15) is 4.98 Å². The third kappa shape index (κ3) is 5.01. The molecule has 4 aromatic rings. The van der Waals surface area contributed by atoms with E-state index in [0.29, 0.717) is 51.1 Å². The SMILES string of the molecule is COc1cc2c(Nc3ccc(Cl)c(Cl)c3)ncnc2cc1OCc1noc(CN(C)C)n1. The fourth-order valence-electron chi connectivity index (χ4n) is 2.97. The highest BCUT2D eigenvalue weighted by Crippen LogP contribution is 2.35. The molecule has 0 spiro atoms. The monoisotopic (exact) mass is 474 g/mol. The Balaban J connectivity index is 1.58. The average Bonchev–Trinajstić information content (AvgIpc) is 3.21. The summed E-state index contributed by atoms with van der Waals surface area (Å²) in [6.45, 7) is 0.677. The molecular formula is C21H20Cl2N6O3. The molecule has 0 aliphatic carbocycles. The van der Waals surface area contributed by atoms with Crippen LogP contribution in [0.15, 0.2) is 41.2 Å². The van der Waals surface area contributed by atoms with Crippen molar-refractivity contribution in [1.82, 2.24) is 25.0 Å². The van der Waals surface area contributed by atoms with Crippen molar-refractivity contribution in [1.29, 1.82) is 0 Å². The number of anilines is 2. The van der Waals surface area contributed by atoms with E-state index in [1.165, 1.54) is 6.33 Å². The fraction of sp³-hybridized carbons (Fsp3) is 0.238. The van der Waals surface area contributed by atoms with Crippen LogP contribution in [0.25, 0.3) is 10.9 Å².